The van der Waals surface area contributed by atoms with Crippen molar-refractivity contribution in [2.75, 3.05) is 20.6 Å². The first kappa shape index (κ1) is 20.5. The van der Waals surface area contributed by atoms with Crippen molar-refractivity contribution in [1.29, 1.82) is 0 Å². The molecule has 0 fully saturated rings. The van der Waals surface area contributed by atoms with Gasteiger partial charge in [-0.2, -0.15) is 0 Å². The fraction of sp³-hybridized carbons (Fsp3) is 0.185. The number of aryl methyl sites for hydroxylation is 1. The number of fused-ring (bicyclic) bond motifs is 1. The number of para-hydroxylation sites is 1. The lowest BCUT2D eigenvalue weighted by Gasteiger charge is -2.21. The fourth-order valence-electron chi connectivity index (χ4n) is 3.78. The Labute approximate surface area is 184 Å². The summed E-state index contributed by atoms with van der Waals surface area (Å²) in [5.41, 5.74) is 5.56. The van der Waals surface area contributed by atoms with Crippen LogP contribution >= 0.6 is 11.6 Å². The standard InChI is InChI=1S/C27H26ClNO/c1-19-13-15-21(16-14-19)27-26(28)23(17-18-29(2)3)25(20-9-5-4-6-10-20)22-11-7-8-12-24(22)30-27/h4-17,25H,18H2,1-3H3/b23-17-. The van der Waals surface area contributed by atoms with Crippen LogP contribution in [0.5, 0.6) is 5.75 Å². The second kappa shape index (κ2) is 8.91. The summed E-state index contributed by atoms with van der Waals surface area (Å²) < 4.78 is 6.48. The second-order valence-corrected chi connectivity index (χ2v) is 8.29. The average Bonchev–Trinajstić information content (AvgIpc) is 2.88. The van der Waals surface area contributed by atoms with Crippen LogP contribution in [0.2, 0.25) is 0 Å². The van der Waals surface area contributed by atoms with Crippen molar-refractivity contribution in [1.82, 2.24) is 4.90 Å². The molecule has 0 saturated carbocycles. The number of halogens is 1. The summed E-state index contributed by atoms with van der Waals surface area (Å²) in [6.07, 6.45) is 2.22. The van der Waals surface area contributed by atoms with Crippen LogP contribution in [0.1, 0.15) is 28.2 Å². The van der Waals surface area contributed by atoms with E-state index in [1.165, 1.54) is 11.1 Å². The summed E-state index contributed by atoms with van der Waals surface area (Å²) in [5, 5.41) is 0.658. The van der Waals surface area contributed by atoms with Gasteiger partial charge in [0.1, 0.15) is 5.75 Å². The monoisotopic (exact) mass is 415 g/mol. The van der Waals surface area contributed by atoms with Crippen molar-refractivity contribution in [3.05, 3.63) is 118 Å². The Morgan fingerprint density at radius 2 is 1.57 bits per heavy atom. The number of allylic oxidation sites excluding steroid dienone is 2. The Morgan fingerprint density at radius 3 is 2.27 bits per heavy atom. The zero-order valence-electron chi connectivity index (χ0n) is 17.6. The maximum Gasteiger partial charge on any atom is 0.153 e. The van der Waals surface area contributed by atoms with E-state index in [-0.39, 0.29) is 5.92 Å². The number of hydrogen-bond donors (Lipinski definition) is 0. The third-order valence-corrected chi connectivity index (χ3v) is 5.72. The van der Waals surface area contributed by atoms with Crippen LogP contribution in [0.25, 0.3) is 5.76 Å². The molecule has 3 aromatic rings. The van der Waals surface area contributed by atoms with E-state index in [9.17, 15) is 0 Å². The highest BCUT2D eigenvalue weighted by molar-refractivity contribution is 6.35. The maximum absolute atomic E-state index is 7.11. The van der Waals surface area contributed by atoms with Crippen molar-refractivity contribution in [3.63, 3.8) is 0 Å². The van der Waals surface area contributed by atoms with Gasteiger partial charge in [0.25, 0.3) is 0 Å². The summed E-state index contributed by atoms with van der Waals surface area (Å²) in [6.45, 7) is 2.87. The second-order valence-electron chi connectivity index (χ2n) is 7.91. The predicted octanol–water partition coefficient (Wildman–Crippen LogP) is 6.61. The first-order chi connectivity index (χ1) is 14.5. The molecule has 0 aromatic heterocycles. The number of benzene rings is 3. The van der Waals surface area contributed by atoms with Crippen molar-refractivity contribution in [2.24, 2.45) is 0 Å². The minimum atomic E-state index is -0.00204. The van der Waals surface area contributed by atoms with Gasteiger partial charge in [-0.3, -0.25) is 0 Å². The van der Waals surface area contributed by atoms with E-state index < -0.39 is 0 Å². The Kier molecular flexibility index (Phi) is 6.08. The van der Waals surface area contributed by atoms with Crippen LogP contribution < -0.4 is 4.74 Å². The first-order valence-corrected chi connectivity index (χ1v) is 10.6. The molecule has 3 aromatic carbocycles. The van der Waals surface area contributed by atoms with Gasteiger partial charge in [-0.05, 0) is 38.2 Å². The highest BCUT2D eigenvalue weighted by Gasteiger charge is 2.30. The van der Waals surface area contributed by atoms with Gasteiger partial charge in [0.15, 0.2) is 5.76 Å². The lowest BCUT2D eigenvalue weighted by molar-refractivity contribution is 0.455. The van der Waals surface area contributed by atoms with Crippen molar-refractivity contribution in [2.45, 2.75) is 12.8 Å². The van der Waals surface area contributed by atoms with E-state index in [2.05, 4.69) is 92.7 Å². The summed E-state index contributed by atoms with van der Waals surface area (Å²) >= 11 is 7.11. The van der Waals surface area contributed by atoms with Crippen LogP contribution in [-0.4, -0.2) is 25.5 Å². The summed E-state index contributed by atoms with van der Waals surface area (Å²) in [7, 11) is 4.13. The Hall–Kier alpha value is -2.81. The highest BCUT2D eigenvalue weighted by Crippen LogP contribution is 2.47. The van der Waals surface area contributed by atoms with E-state index >= 15 is 0 Å². The summed E-state index contributed by atoms with van der Waals surface area (Å²) in [6, 6.07) is 27.1. The molecule has 0 aliphatic carbocycles. The van der Waals surface area contributed by atoms with Gasteiger partial charge in [-0.25, -0.2) is 0 Å². The molecule has 152 valence electrons. The summed E-state index contributed by atoms with van der Waals surface area (Å²) in [4.78, 5) is 2.14. The zero-order valence-corrected chi connectivity index (χ0v) is 18.4. The molecule has 1 unspecified atom stereocenters. The molecule has 0 bridgehead atoms. The molecular weight excluding hydrogens is 390 g/mol. The van der Waals surface area contributed by atoms with Crippen molar-refractivity contribution in [3.8, 4) is 5.75 Å². The zero-order chi connectivity index (χ0) is 21.1. The average molecular weight is 416 g/mol. The maximum atomic E-state index is 7.11. The third-order valence-electron chi connectivity index (χ3n) is 5.33. The van der Waals surface area contributed by atoms with E-state index in [1.54, 1.807) is 0 Å². The molecule has 0 spiro atoms. The lowest BCUT2D eigenvalue weighted by Crippen LogP contribution is -2.13. The van der Waals surface area contributed by atoms with Crippen LogP contribution in [0.15, 0.2) is 95.5 Å². The number of nitrogens with zero attached hydrogens (tertiary/aromatic N) is 1. The third kappa shape index (κ3) is 4.21. The minimum Gasteiger partial charge on any atom is -0.455 e. The van der Waals surface area contributed by atoms with Crippen LogP contribution in [0.3, 0.4) is 0 Å². The van der Waals surface area contributed by atoms with Gasteiger partial charge < -0.3 is 9.64 Å². The van der Waals surface area contributed by atoms with Gasteiger partial charge >= 0.3 is 0 Å². The molecule has 4 rings (SSSR count). The SMILES string of the molecule is Cc1ccc(C2=C(Cl)/C(=C\CN(C)C)C(c3ccccc3)c3ccccc3O2)cc1. The number of hydrogen-bond acceptors (Lipinski definition) is 2. The van der Waals surface area contributed by atoms with Crippen molar-refractivity contribution >= 4 is 17.4 Å². The summed E-state index contributed by atoms with van der Waals surface area (Å²) in [5.74, 6) is 1.54. The number of ether oxygens (including phenoxy) is 1. The number of likely N-dealkylation sites (N-methyl/N-ethyl adjacent to an activating group) is 1. The van der Waals surface area contributed by atoms with E-state index in [0.717, 1.165) is 29.0 Å². The Balaban J connectivity index is 1.97. The smallest absolute Gasteiger partial charge is 0.153 e. The molecule has 0 radical (unpaired) electrons. The lowest BCUT2D eigenvalue weighted by atomic mass is 9.84. The quantitative estimate of drug-likeness (QED) is 0.475. The van der Waals surface area contributed by atoms with E-state index in [4.69, 9.17) is 16.3 Å². The topological polar surface area (TPSA) is 12.5 Å². The first-order valence-electron chi connectivity index (χ1n) is 10.2. The molecular formula is C27H26ClNO. The normalized spacial score (nSPS) is 17.6. The molecule has 1 aliphatic heterocycles. The van der Waals surface area contributed by atoms with E-state index in [0.29, 0.717) is 10.8 Å². The van der Waals surface area contributed by atoms with Gasteiger partial charge in [0.05, 0.1) is 5.03 Å². The molecule has 3 heteroatoms. The highest BCUT2D eigenvalue weighted by atomic mass is 35.5. The minimum absolute atomic E-state index is 0.00204. The molecule has 30 heavy (non-hydrogen) atoms. The number of rotatable bonds is 4. The fourth-order valence-corrected chi connectivity index (χ4v) is 4.11. The van der Waals surface area contributed by atoms with Gasteiger partial charge in [0, 0.05) is 23.6 Å². The molecule has 0 amide bonds. The molecule has 2 nitrogen and oxygen atoms in total. The molecule has 0 N–H and O–H groups in total. The molecule has 1 atom stereocenters. The van der Waals surface area contributed by atoms with Crippen molar-refractivity contribution < 1.29 is 4.74 Å². The van der Waals surface area contributed by atoms with Gasteiger partial charge in [-0.15, -0.1) is 0 Å². The van der Waals surface area contributed by atoms with E-state index in [1.807, 2.05) is 18.2 Å². The van der Waals surface area contributed by atoms with Crippen LogP contribution in [0.4, 0.5) is 0 Å². The van der Waals surface area contributed by atoms with Crippen LogP contribution in [0, 0.1) is 6.92 Å². The largest absolute Gasteiger partial charge is 0.455 e. The van der Waals surface area contributed by atoms with Gasteiger partial charge in [-0.1, -0.05) is 96.0 Å². The molecule has 1 aliphatic rings. The van der Waals surface area contributed by atoms with Crippen LogP contribution in [-0.2, 0) is 0 Å². The molecule has 0 saturated heterocycles. The van der Waals surface area contributed by atoms with Gasteiger partial charge in [0.2, 0.25) is 0 Å². The predicted molar refractivity (Wildman–Crippen MR) is 126 cm³/mol. The Bertz CT molecular complexity index is 1080. The Morgan fingerprint density at radius 1 is 0.900 bits per heavy atom. The molecule has 1 heterocycles.